The van der Waals surface area contributed by atoms with E-state index in [9.17, 15) is 4.79 Å². The van der Waals surface area contributed by atoms with E-state index in [0.717, 1.165) is 6.42 Å². The average Bonchev–Trinajstić information content (AvgIpc) is 2.29. The second kappa shape index (κ2) is 7.07. The molecule has 0 radical (unpaired) electrons. The quantitative estimate of drug-likeness (QED) is 0.787. The Morgan fingerprint density at radius 3 is 2.41 bits per heavy atom. The molecule has 0 aliphatic carbocycles. The zero-order valence-corrected chi connectivity index (χ0v) is 10.9. The average molecular weight is 234 g/mol. The van der Waals surface area contributed by atoms with Crippen molar-refractivity contribution < 1.29 is 4.79 Å². The van der Waals surface area contributed by atoms with Gasteiger partial charge in [-0.15, -0.1) is 0 Å². The molecule has 0 aliphatic rings. The molecule has 1 aromatic rings. The summed E-state index contributed by atoms with van der Waals surface area (Å²) < 4.78 is 0. The first-order valence-corrected chi connectivity index (χ1v) is 6.21. The van der Waals surface area contributed by atoms with Crippen LogP contribution in [0.4, 0.5) is 0 Å². The SMILES string of the molecule is CCNC(=O)C(Cc1ccccc1)NC(C)C. The fourth-order valence-electron chi connectivity index (χ4n) is 1.78. The lowest BCUT2D eigenvalue weighted by Gasteiger charge is -2.20. The molecule has 1 unspecified atom stereocenters. The first-order chi connectivity index (χ1) is 8.13. The number of amides is 1. The van der Waals surface area contributed by atoms with Gasteiger partial charge in [0, 0.05) is 12.6 Å². The molecule has 0 aromatic heterocycles. The number of hydrogen-bond acceptors (Lipinski definition) is 2. The van der Waals surface area contributed by atoms with Crippen LogP contribution in [0.1, 0.15) is 26.3 Å². The minimum Gasteiger partial charge on any atom is -0.355 e. The topological polar surface area (TPSA) is 41.1 Å². The largest absolute Gasteiger partial charge is 0.355 e. The van der Waals surface area contributed by atoms with Crippen LogP contribution in [0.25, 0.3) is 0 Å². The van der Waals surface area contributed by atoms with Crippen LogP contribution in [-0.2, 0) is 11.2 Å². The van der Waals surface area contributed by atoms with Gasteiger partial charge in [0.15, 0.2) is 0 Å². The van der Waals surface area contributed by atoms with Gasteiger partial charge in [0.2, 0.25) is 5.91 Å². The lowest BCUT2D eigenvalue weighted by molar-refractivity contribution is -0.123. The second-order valence-electron chi connectivity index (χ2n) is 4.46. The van der Waals surface area contributed by atoms with E-state index in [0.29, 0.717) is 12.6 Å². The van der Waals surface area contributed by atoms with Crippen LogP contribution in [0, 0.1) is 0 Å². The van der Waals surface area contributed by atoms with Crippen LogP contribution in [-0.4, -0.2) is 24.5 Å². The lowest BCUT2D eigenvalue weighted by Crippen LogP contribution is -2.48. The molecule has 1 amide bonds. The molecular formula is C14H22N2O. The molecule has 0 saturated heterocycles. The van der Waals surface area contributed by atoms with Crippen molar-refractivity contribution in [3.63, 3.8) is 0 Å². The van der Waals surface area contributed by atoms with E-state index in [4.69, 9.17) is 0 Å². The van der Waals surface area contributed by atoms with Crippen LogP contribution in [0.2, 0.25) is 0 Å². The highest BCUT2D eigenvalue weighted by Gasteiger charge is 2.18. The number of nitrogens with one attached hydrogen (secondary N) is 2. The highest BCUT2D eigenvalue weighted by molar-refractivity contribution is 5.82. The second-order valence-corrected chi connectivity index (χ2v) is 4.46. The van der Waals surface area contributed by atoms with Crippen molar-refractivity contribution in [3.8, 4) is 0 Å². The van der Waals surface area contributed by atoms with Gasteiger partial charge >= 0.3 is 0 Å². The van der Waals surface area contributed by atoms with E-state index in [1.54, 1.807) is 0 Å². The van der Waals surface area contributed by atoms with E-state index in [1.165, 1.54) is 5.56 Å². The van der Waals surface area contributed by atoms with Gasteiger partial charge in [0.05, 0.1) is 6.04 Å². The summed E-state index contributed by atoms with van der Waals surface area (Å²) in [6, 6.07) is 10.2. The molecule has 1 rings (SSSR count). The Hall–Kier alpha value is -1.35. The van der Waals surface area contributed by atoms with Crippen LogP contribution in [0.3, 0.4) is 0 Å². The molecule has 1 atom stereocenters. The molecule has 94 valence electrons. The number of carbonyl (C=O) groups excluding carboxylic acids is 1. The maximum Gasteiger partial charge on any atom is 0.237 e. The van der Waals surface area contributed by atoms with E-state index in [1.807, 2.05) is 37.3 Å². The van der Waals surface area contributed by atoms with Crippen molar-refractivity contribution in [1.82, 2.24) is 10.6 Å². The number of likely N-dealkylation sites (N-methyl/N-ethyl adjacent to an activating group) is 1. The molecule has 0 fully saturated rings. The van der Waals surface area contributed by atoms with E-state index in [2.05, 4.69) is 24.5 Å². The van der Waals surface area contributed by atoms with Crippen molar-refractivity contribution in [3.05, 3.63) is 35.9 Å². The Labute approximate surface area is 104 Å². The van der Waals surface area contributed by atoms with E-state index < -0.39 is 0 Å². The van der Waals surface area contributed by atoms with Gasteiger partial charge in [-0.3, -0.25) is 4.79 Å². The minimum atomic E-state index is -0.155. The molecular weight excluding hydrogens is 212 g/mol. The fourth-order valence-corrected chi connectivity index (χ4v) is 1.78. The highest BCUT2D eigenvalue weighted by atomic mass is 16.2. The molecule has 0 aliphatic heterocycles. The molecule has 0 bridgehead atoms. The lowest BCUT2D eigenvalue weighted by atomic mass is 10.0. The third-order valence-corrected chi connectivity index (χ3v) is 2.48. The number of hydrogen-bond donors (Lipinski definition) is 2. The van der Waals surface area contributed by atoms with Gasteiger partial charge in [-0.25, -0.2) is 0 Å². The first kappa shape index (κ1) is 13.7. The van der Waals surface area contributed by atoms with Crippen LogP contribution in [0.5, 0.6) is 0 Å². The number of benzene rings is 1. The summed E-state index contributed by atoms with van der Waals surface area (Å²) in [6.45, 7) is 6.71. The van der Waals surface area contributed by atoms with Gasteiger partial charge in [-0.1, -0.05) is 44.2 Å². The standard InChI is InChI=1S/C14H22N2O/c1-4-15-14(17)13(16-11(2)3)10-12-8-6-5-7-9-12/h5-9,11,13,16H,4,10H2,1-3H3,(H,15,17). The zero-order chi connectivity index (χ0) is 12.7. The number of rotatable bonds is 6. The third kappa shape index (κ3) is 5.00. The van der Waals surface area contributed by atoms with Gasteiger partial charge < -0.3 is 10.6 Å². The monoisotopic (exact) mass is 234 g/mol. The van der Waals surface area contributed by atoms with Gasteiger partial charge in [-0.05, 0) is 18.9 Å². The number of carbonyl (C=O) groups is 1. The van der Waals surface area contributed by atoms with Crippen molar-refractivity contribution in [1.29, 1.82) is 0 Å². The Bertz CT molecular complexity index is 335. The van der Waals surface area contributed by atoms with Gasteiger partial charge in [0.25, 0.3) is 0 Å². The summed E-state index contributed by atoms with van der Waals surface area (Å²) in [5, 5.41) is 6.17. The Balaban J connectivity index is 2.66. The predicted molar refractivity (Wildman–Crippen MR) is 70.9 cm³/mol. The van der Waals surface area contributed by atoms with E-state index in [-0.39, 0.29) is 11.9 Å². The van der Waals surface area contributed by atoms with E-state index >= 15 is 0 Å². The van der Waals surface area contributed by atoms with Crippen LogP contribution in [0.15, 0.2) is 30.3 Å². The predicted octanol–water partition coefficient (Wildman–Crippen LogP) is 1.73. The summed E-state index contributed by atoms with van der Waals surface area (Å²) in [7, 11) is 0. The minimum absolute atomic E-state index is 0.0741. The Morgan fingerprint density at radius 2 is 1.88 bits per heavy atom. The zero-order valence-electron chi connectivity index (χ0n) is 10.9. The van der Waals surface area contributed by atoms with Crippen molar-refractivity contribution in [2.75, 3.05) is 6.54 Å². The van der Waals surface area contributed by atoms with Gasteiger partial charge in [0.1, 0.15) is 0 Å². The van der Waals surface area contributed by atoms with Crippen molar-refractivity contribution >= 4 is 5.91 Å². The maximum absolute atomic E-state index is 11.9. The molecule has 3 heteroatoms. The molecule has 2 N–H and O–H groups in total. The summed E-state index contributed by atoms with van der Waals surface area (Å²) in [4.78, 5) is 11.9. The maximum atomic E-state index is 11.9. The molecule has 17 heavy (non-hydrogen) atoms. The molecule has 1 aromatic carbocycles. The van der Waals surface area contributed by atoms with Crippen molar-refractivity contribution in [2.45, 2.75) is 39.3 Å². The smallest absolute Gasteiger partial charge is 0.237 e. The van der Waals surface area contributed by atoms with Gasteiger partial charge in [-0.2, -0.15) is 0 Å². The first-order valence-electron chi connectivity index (χ1n) is 6.21. The summed E-state index contributed by atoms with van der Waals surface area (Å²) in [5.41, 5.74) is 1.18. The Kier molecular flexibility index (Phi) is 5.70. The molecule has 0 heterocycles. The summed E-state index contributed by atoms with van der Waals surface area (Å²) in [5.74, 6) is 0.0741. The van der Waals surface area contributed by atoms with Crippen LogP contribution >= 0.6 is 0 Å². The molecule has 3 nitrogen and oxygen atoms in total. The summed E-state index contributed by atoms with van der Waals surface area (Å²) >= 11 is 0. The van der Waals surface area contributed by atoms with Crippen molar-refractivity contribution in [2.24, 2.45) is 0 Å². The third-order valence-electron chi connectivity index (χ3n) is 2.48. The molecule has 0 spiro atoms. The summed E-state index contributed by atoms with van der Waals surface area (Å²) in [6.07, 6.45) is 0.727. The Morgan fingerprint density at radius 1 is 1.24 bits per heavy atom. The van der Waals surface area contributed by atoms with Crippen LogP contribution < -0.4 is 10.6 Å². The molecule has 0 saturated carbocycles. The highest BCUT2D eigenvalue weighted by Crippen LogP contribution is 2.04. The fraction of sp³-hybridized carbons (Fsp3) is 0.500. The normalized spacial score (nSPS) is 12.5.